The van der Waals surface area contributed by atoms with Crippen molar-refractivity contribution < 1.29 is 14.5 Å². The summed E-state index contributed by atoms with van der Waals surface area (Å²) in [6, 6.07) is 14.7. The second kappa shape index (κ2) is 9.46. The molecule has 0 bridgehead atoms. The van der Waals surface area contributed by atoms with Crippen LogP contribution >= 0.6 is 0 Å². The molecule has 0 aliphatic rings. The Bertz CT molecular complexity index is 1040. The Balaban J connectivity index is 1.56. The molecule has 3 rings (SSSR count). The monoisotopic (exact) mass is 407 g/mol. The number of benzene rings is 2. The first-order valence-electron chi connectivity index (χ1n) is 9.43. The van der Waals surface area contributed by atoms with Gasteiger partial charge >= 0.3 is 0 Å². The van der Waals surface area contributed by atoms with Crippen LogP contribution in [0.25, 0.3) is 5.69 Å². The van der Waals surface area contributed by atoms with Gasteiger partial charge in [0.15, 0.2) is 5.69 Å². The van der Waals surface area contributed by atoms with E-state index in [1.54, 1.807) is 36.5 Å². The van der Waals surface area contributed by atoms with Crippen LogP contribution in [0, 0.1) is 10.1 Å². The minimum Gasteiger partial charge on any atom is -0.347 e. The summed E-state index contributed by atoms with van der Waals surface area (Å²) >= 11 is 0. The molecular formula is C21H21N5O4. The summed E-state index contributed by atoms with van der Waals surface area (Å²) in [5.74, 6) is -0.363. The van der Waals surface area contributed by atoms with Crippen LogP contribution in [0.2, 0.25) is 0 Å². The molecule has 154 valence electrons. The van der Waals surface area contributed by atoms with E-state index in [0.29, 0.717) is 24.3 Å². The predicted molar refractivity (Wildman–Crippen MR) is 111 cm³/mol. The van der Waals surface area contributed by atoms with Gasteiger partial charge in [-0.25, -0.2) is 4.68 Å². The second-order valence-corrected chi connectivity index (χ2v) is 6.60. The molecule has 0 saturated carbocycles. The Labute approximate surface area is 172 Å². The molecular weight excluding hydrogens is 386 g/mol. The molecule has 9 heteroatoms. The van der Waals surface area contributed by atoms with Crippen molar-refractivity contribution in [3.63, 3.8) is 0 Å². The highest BCUT2D eigenvalue weighted by Crippen LogP contribution is 2.15. The molecule has 0 atom stereocenters. The normalized spacial score (nSPS) is 10.4. The highest BCUT2D eigenvalue weighted by Gasteiger charge is 2.11. The standard InChI is InChI=1S/C21H21N5O4/c1-2-3-20(27)23-16-6-4-15(5-7-16)14-22-21(28)19-12-13-25(24-19)17-8-10-18(11-9-17)26(29)30/h4-13H,2-3,14H2,1H3,(H,22,28)(H,23,27). The van der Waals surface area contributed by atoms with Gasteiger partial charge in [-0.2, -0.15) is 5.10 Å². The number of amides is 2. The zero-order valence-corrected chi connectivity index (χ0v) is 16.4. The average Bonchev–Trinajstić information content (AvgIpc) is 3.23. The van der Waals surface area contributed by atoms with Gasteiger partial charge in [0.2, 0.25) is 5.91 Å². The van der Waals surface area contributed by atoms with E-state index >= 15 is 0 Å². The Morgan fingerprint density at radius 2 is 1.77 bits per heavy atom. The molecule has 1 heterocycles. The van der Waals surface area contributed by atoms with E-state index < -0.39 is 4.92 Å². The molecule has 30 heavy (non-hydrogen) atoms. The van der Waals surface area contributed by atoms with Crippen LogP contribution < -0.4 is 10.6 Å². The number of carbonyl (C=O) groups excluding carboxylic acids is 2. The molecule has 2 amide bonds. The molecule has 0 radical (unpaired) electrons. The lowest BCUT2D eigenvalue weighted by Crippen LogP contribution is -2.23. The number of nitrogens with zero attached hydrogens (tertiary/aromatic N) is 3. The van der Waals surface area contributed by atoms with Gasteiger partial charge in [0, 0.05) is 37.0 Å². The van der Waals surface area contributed by atoms with Crippen molar-refractivity contribution in [1.82, 2.24) is 15.1 Å². The topological polar surface area (TPSA) is 119 Å². The van der Waals surface area contributed by atoms with Crippen LogP contribution in [0.5, 0.6) is 0 Å². The zero-order chi connectivity index (χ0) is 21.5. The van der Waals surface area contributed by atoms with E-state index in [1.807, 2.05) is 19.1 Å². The van der Waals surface area contributed by atoms with Gasteiger partial charge in [0.1, 0.15) is 0 Å². The lowest BCUT2D eigenvalue weighted by molar-refractivity contribution is -0.384. The molecule has 0 aliphatic carbocycles. The van der Waals surface area contributed by atoms with E-state index in [0.717, 1.165) is 12.0 Å². The number of non-ortho nitro benzene ring substituents is 1. The van der Waals surface area contributed by atoms with E-state index in [9.17, 15) is 19.7 Å². The molecule has 3 aromatic rings. The van der Waals surface area contributed by atoms with Gasteiger partial charge in [-0.05, 0) is 42.3 Å². The number of nitrogens with one attached hydrogen (secondary N) is 2. The summed E-state index contributed by atoms with van der Waals surface area (Å²) in [4.78, 5) is 34.2. The van der Waals surface area contributed by atoms with Crippen molar-refractivity contribution >= 4 is 23.2 Å². The van der Waals surface area contributed by atoms with Crippen LogP contribution in [-0.4, -0.2) is 26.5 Å². The minimum atomic E-state index is -0.475. The molecule has 0 fully saturated rings. The fourth-order valence-electron chi connectivity index (χ4n) is 2.75. The van der Waals surface area contributed by atoms with Crippen LogP contribution in [0.3, 0.4) is 0 Å². The molecule has 0 aliphatic heterocycles. The van der Waals surface area contributed by atoms with Gasteiger partial charge in [0.05, 0.1) is 10.6 Å². The van der Waals surface area contributed by atoms with E-state index in [1.165, 1.54) is 16.8 Å². The Morgan fingerprint density at radius 1 is 1.07 bits per heavy atom. The first-order valence-corrected chi connectivity index (χ1v) is 9.43. The molecule has 2 aromatic carbocycles. The lowest BCUT2D eigenvalue weighted by atomic mass is 10.2. The van der Waals surface area contributed by atoms with Gasteiger partial charge in [-0.1, -0.05) is 19.1 Å². The number of carbonyl (C=O) groups is 2. The van der Waals surface area contributed by atoms with Crippen molar-refractivity contribution in [2.24, 2.45) is 0 Å². The quantitative estimate of drug-likeness (QED) is 0.438. The lowest BCUT2D eigenvalue weighted by Gasteiger charge is -2.07. The van der Waals surface area contributed by atoms with Crippen molar-refractivity contribution in [3.8, 4) is 5.69 Å². The summed E-state index contributed by atoms with van der Waals surface area (Å²) in [7, 11) is 0. The van der Waals surface area contributed by atoms with Gasteiger partial charge in [-0.3, -0.25) is 19.7 Å². The summed E-state index contributed by atoms with van der Waals surface area (Å²) < 4.78 is 1.48. The third-order valence-corrected chi connectivity index (χ3v) is 4.31. The summed E-state index contributed by atoms with van der Waals surface area (Å²) in [5, 5.41) is 20.6. The SMILES string of the molecule is CCCC(=O)Nc1ccc(CNC(=O)c2ccn(-c3ccc([N+](=O)[O-])cc3)n2)cc1. The van der Waals surface area contributed by atoms with Crippen LogP contribution in [-0.2, 0) is 11.3 Å². The fourth-order valence-corrected chi connectivity index (χ4v) is 2.75. The molecule has 0 saturated heterocycles. The first kappa shape index (κ1) is 20.7. The molecule has 0 unspecified atom stereocenters. The van der Waals surface area contributed by atoms with Crippen molar-refractivity contribution in [2.75, 3.05) is 5.32 Å². The Morgan fingerprint density at radius 3 is 2.40 bits per heavy atom. The Kier molecular flexibility index (Phi) is 6.53. The summed E-state index contributed by atoms with van der Waals surface area (Å²) in [6.45, 7) is 2.26. The van der Waals surface area contributed by atoms with Crippen LogP contribution in [0.15, 0.2) is 60.8 Å². The number of hydrogen-bond donors (Lipinski definition) is 2. The average molecular weight is 407 g/mol. The maximum atomic E-state index is 12.4. The highest BCUT2D eigenvalue weighted by atomic mass is 16.6. The zero-order valence-electron chi connectivity index (χ0n) is 16.4. The number of nitro groups is 1. The number of hydrogen-bond acceptors (Lipinski definition) is 5. The second-order valence-electron chi connectivity index (χ2n) is 6.60. The summed E-state index contributed by atoms with van der Waals surface area (Å²) in [6.07, 6.45) is 2.88. The smallest absolute Gasteiger partial charge is 0.272 e. The van der Waals surface area contributed by atoms with Gasteiger partial charge < -0.3 is 10.6 Å². The predicted octanol–water partition coefficient (Wildman–Crippen LogP) is 3.45. The molecule has 9 nitrogen and oxygen atoms in total. The number of rotatable bonds is 8. The molecule has 1 aromatic heterocycles. The summed E-state index contributed by atoms with van der Waals surface area (Å²) in [5.41, 5.74) is 2.42. The van der Waals surface area contributed by atoms with Crippen LogP contribution in [0.1, 0.15) is 35.8 Å². The molecule has 2 N–H and O–H groups in total. The number of aromatic nitrogens is 2. The third kappa shape index (κ3) is 5.28. The number of anilines is 1. The maximum Gasteiger partial charge on any atom is 0.272 e. The minimum absolute atomic E-state index is 0.0141. The van der Waals surface area contributed by atoms with E-state index in [2.05, 4.69) is 15.7 Å². The van der Waals surface area contributed by atoms with Gasteiger partial charge in [0.25, 0.3) is 11.6 Å². The van der Waals surface area contributed by atoms with Crippen molar-refractivity contribution in [2.45, 2.75) is 26.3 Å². The fraction of sp³-hybridized carbons (Fsp3) is 0.190. The highest BCUT2D eigenvalue weighted by molar-refractivity contribution is 5.92. The largest absolute Gasteiger partial charge is 0.347 e. The number of nitro benzene ring substituents is 1. The van der Waals surface area contributed by atoms with Crippen LogP contribution in [0.4, 0.5) is 11.4 Å². The van der Waals surface area contributed by atoms with Crippen molar-refractivity contribution in [3.05, 3.63) is 82.2 Å². The van der Waals surface area contributed by atoms with Crippen molar-refractivity contribution in [1.29, 1.82) is 0 Å². The Hall–Kier alpha value is -4.01. The van der Waals surface area contributed by atoms with E-state index in [-0.39, 0.29) is 23.2 Å². The van der Waals surface area contributed by atoms with Gasteiger partial charge in [-0.15, -0.1) is 0 Å². The third-order valence-electron chi connectivity index (χ3n) is 4.31. The van der Waals surface area contributed by atoms with E-state index in [4.69, 9.17) is 0 Å². The maximum absolute atomic E-state index is 12.4. The molecule has 0 spiro atoms. The first-order chi connectivity index (χ1) is 14.5.